The molecule has 0 spiro atoms. The fraction of sp³-hybridized carbons (Fsp3) is 0.391. The molecule has 1 saturated carbocycles. The van der Waals surface area contributed by atoms with E-state index in [1.165, 1.54) is 16.0 Å². The molecule has 1 N–H and O–H groups in total. The van der Waals surface area contributed by atoms with Gasteiger partial charge in [0.05, 0.1) is 21.6 Å². The van der Waals surface area contributed by atoms with Gasteiger partial charge in [0.25, 0.3) is 5.91 Å². The quantitative estimate of drug-likeness (QED) is 0.588. The lowest BCUT2D eigenvalue weighted by Crippen LogP contribution is -2.46. The first-order valence-electron chi connectivity index (χ1n) is 10.8. The van der Waals surface area contributed by atoms with Gasteiger partial charge in [0.15, 0.2) is 0 Å². The first-order valence-corrected chi connectivity index (χ1v) is 12.0. The number of nitrogens with zero attached hydrogens (tertiary/aromatic N) is 4. The van der Waals surface area contributed by atoms with Gasteiger partial charge in [0.1, 0.15) is 5.69 Å². The minimum atomic E-state index is -0.557. The zero-order valence-corrected chi connectivity index (χ0v) is 20.1. The fourth-order valence-electron chi connectivity index (χ4n) is 4.60. The summed E-state index contributed by atoms with van der Waals surface area (Å²) in [5.41, 5.74) is 2.09. The van der Waals surface area contributed by atoms with Crippen molar-refractivity contribution >= 4 is 34.9 Å². The second-order valence-electron chi connectivity index (χ2n) is 8.62. The third kappa shape index (κ3) is 4.35. The summed E-state index contributed by atoms with van der Waals surface area (Å²) >= 11 is 7.66. The van der Waals surface area contributed by atoms with Crippen LogP contribution in [-0.4, -0.2) is 50.8 Å². The minimum Gasteiger partial charge on any atom is -0.392 e. The molecule has 3 atom stereocenters. The summed E-state index contributed by atoms with van der Waals surface area (Å²) < 4.78 is 6.88. The second-order valence-corrected chi connectivity index (χ2v) is 10.3. The summed E-state index contributed by atoms with van der Waals surface area (Å²) in [6, 6.07) is 9.08. The molecule has 0 unspecified atom stereocenters. The van der Waals surface area contributed by atoms with Crippen LogP contribution < -0.4 is 10.1 Å². The lowest BCUT2D eigenvalue weighted by Gasteiger charge is -2.27. The average Bonchev–Trinajstić information content (AvgIpc) is 3.10. The number of fused-ring (bicyclic) bond motifs is 1. The van der Waals surface area contributed by atoms with Crippen molar-refractivity contribution in [3.8, 4) is 16.3 Å². The number of likely N-dealkylation sites (tertiary alicyclic amines) is 1. The Hall–Kier alpha value is -2.91. The van der Waals surface area contributed by atoms with Crippen LogP contribution in [0, 0.1) is 25.7 Å². The van der Waals surface area contributed by atoms with Crippen molar-refractivity contribution in [2.45, 2.75) is 26.3 Å². The number of ether oxygens (including phenoxy) is 1. The third-order valence-electron chi connectivity index (χ3n) is 6.20. The number of aromatic nitrogens is 3. The molecule has 172 valence electrons. The largest absolute Gasteiger partial charge is 0.414 e. The van der Waals surface area contributed by atoms with Gasteiger partial charge in [0.2, 0.25) is 5.88 Å². The van der Waals surface area contributed by atoms with Crippen molar-refractivity contribution in [3.05, 3.63) is 51.7 Å². The standard InChI is InChI=1S/C23H24ClN5O3S/c1-12-7-19(28(3)27-12)32-23(31)25-10-18-17-9-15(17)11-29(18)22(30)20-21(33-13(2)26-20)14-5-4-6-16(24)8-14/h4-8,15,17-18H,9-11H2,1-3H3,(H,25,31)/t15-,17-,18+/m0/s1. The van der Waals surface area contributed by atoms with Crippen LogP contribution in [0.15, 0.2) is 30.3 Å². The van der Waals surface area contributed by atoms with E-state index in [2.05, 4.69) is 15.4 Å². The molecule has 1 aliphatic heterocycles. The Balaban J connectivity index is 1.31. The summed E-state index contributed by atoms with van der Waals surface area (Å²) in [5, 5.41) is 8.44. The van der Waals surface area contributed by atoms with E-state index < -0.39 is 6.09 Å². The predicted octanol–water partition coefficient (Wildman–Crippen LogP) is 4.06. The van der Waals surface area contributed by atoms with Gasteiger partial charge in [-0.3, -0.25) is 4.79 Å². The molecule has 1 aromatic carbocycles. The molecule has 2 aliphatic rings. The molecule has 2 amide bonds. The Morgan fingerprint density at radius 2 is 2.12 bits per heavy atom. The monoisotopic (exact) mass is 485 g/mol. The Morgan fingerprint density at radius 3 is 2.85 bits per heavy atom. The van der Waals surface area contributed by atoms with Crippen LogP contribution >= 0.6 is 22.9 Å². The lowest BCUT2D eigenvalue weighted by molar-refractivity contribution is 0.0699. The predicted molar refractivity (Wildman–Crippen MR) is 126 cm³/mol. The van der Waals surface area contributed by atoms with E-state index in [0.29, 0.717) is 41.5 Å². The van der Waals surface area contributed by atoms with Crippen molar-refractivity contribution in [1.82, 2.24) is 25.0 Å². The molecule has 5 rings (SSSR count). The number of rotatable bonds is 5. The molecule has 1 aliphatic carbocycles. The van der Waals surface area contributed by atoms with Crippen molar-refractivity contribution in [1.29, 1.82) is 0 Å². The molecule has 10 heteroatoms. The number of aryl methyl sites for hydroxylation is 3. The van der Waals surface area contributed by atoms with E-state index >= 15 is 0 Å². The first-order chi connectivity index (χ1) is 15.8. The van der Waals surface area contributed by atoms with Gasteiger partial charge in [-0.1, -0.05) is 23.7 Å². The molecule has 33 heavy (non-hydrogen) atoms. The van der Waals surface area contributed by atoms with Crippen LogP contribution in [-0.2, 0) is 7.05 Å². The number of amides is 2. The maximum atomic E-state index is 13.6. The third-order valence-corrected chi connectivity index (χ3v) is 7.45. The zero-order chi connectivity index (χ0) is 23.3. The SMILES string of the molecule is Cc1cc(OC(=O)NC[C@@H]2[C@H]3C[C@H]3CN2C(=O)c2nc(C)sc2-c2cccc(Cl)c2)n(C)n1. The van der Waals surface area contributed by atoms with Crippen LogP contribution in [0.2, 0.25) is 5.02 Å². The van der Waals surface area contributed by atoms with E-state index in [1.54, 1.807) is 13.1 Å². The van der Waals surface area contributed by atoms with Gasteiger partial charge in [-0.25, -0.2) is 14.5 Å². The molecule has 8 nitrogen and oxygen atoms in total. The van der Waals surface area contributed by atoms with Crippen LogP contribution in [0.1, 0.15) is 27.6 Å². The van der Waals surface area contributed by atoms with Crippen molar-refractivity contribution in [3.63, 3.8) is 0 Å². The maximum absolute atomic E-state index is 13.6. The van der Waals surface area contributed by atoms with Gasteiger partial charge < -0.3 is 15.0 Å². The summed E-state index contributed by atoms with van der Waals surface area (Å²) in [6.07, 6.45) is 0.516. The number of hydrogen-bond acceptors (Lipinski definition) is 6. The molecule has 1 saturated heterocycles. The minimum absolute atomic E-state index is 0.0856. The van der Waals surface area contributed by atoms with Crippen molar-refractivity contribution < 1.29 is 14.3 Å². The zero-order valence-electron chi connectivity index (χ0n) is 18.5. The highest BCUT2D eigenvalue weighted by Gasteiger charge is 2.54. The number of hydrogen-bond donors (Lipinski definition) is 1. The molecule has 3 heterocycles. The van der Waals surface area contributed by atoms with Crippen molar-refractivity contribution in [2.24, 2.45) is 18.9 Å². The molecule has 0 radical (unpaired) electrons. The Kier molecular flexibility index (Phi) is 5.62. The molecule has 2 aromatic heterocycles. The highest BCUT2D eigenvalue weighted by atomic mass is 35.5. The van der Waals surface area contributed by atoms with E-state index in [-0.39, 0.29) is 11.9 Å². The molecule has 0 bridgehead atoms. The number of carbonyl (C=O) groups is 2. The van der Waals surface area contributed by atoms with Crippen LogP contribution in [0.4, 0.5) is 4.79 Å². The Labute approximate surface area is 200 Å². The van der Waals surface area contributed by atoms with E-state index in [0.717, 1.165) is 27.6 Å². The highest BCUT2D eigenvalue weighted by molar-refractivity contribution is 7.15. The van der Waals surface area contributed by atoms with Gasteiger partial charge >= 0.3 is 6.09 Å². The summed E-state index contributed by atoms with van der Waals surface area (Å²) in [5.74, 6) is 1.13. The topological polar surface area (TPSA) is 89.4 Å². The van der Waals surface area contributed by atoms with Crippen molar-refractivity contribution in [2.75, 3.05) is 13.1 Å². The highest BCUT2D eigenvalue weighted by Crippen LogP contribution is 2.50. The van der Waals surface area contributed by atoms with Crippen LogP contribution in [0.3, 0.4) is 0 Å². The molecule has 2 fully saturated rings. The maximum Gasteiger partial charge on any atom is 0.414 e. The van der Waals surface area contributed by atoms with Gasteiger partial charge in [0, 0.05) is 31.2 Å². The van der Waals surface area contributed by atoms with E-state index in [1.807, 2.05) is 43.0 Å². The Morgan fingerprint density at radius 1 is 1.30 bits per heavy atom. The van der Waals surface area contributed by atoms with Gasteiger partial charge in [-0.05, 0) is 49.8 Å². The van der Waals surface area contributed by atoms with E-state index in [9.17, 15) is 9.59 Å². The van der Waals surface area contributed by atoms with Crippen LogP contribution in [0.25, 0.3) is 10.4 Å². The van der Waals surface area contributed by atoms with Gasteiger partial charge in [-0.15, -0.1) is 11.3 Å². The van der Waals surface area contributed by atoms with Crippen LogP contribution in [0.5, 0.6) is 5.88 Å². The number of carbonyl (C=O) groups excluding carboxylic acids is 2. The van der Waals surface area contributed by atoms with E-state index in [4.69, 9.17) is 16.3 Å². The summed E-state index contributed by atoms with van der Waals surface area (Å²) in [6.45, 7) is 4.74. The first kappa shape index (κ1) is 21.9. The smallest absolute Gasteiger partial charge is 0.392 e. The number of halogens is 1. The molecular weight excluding hydrogens is 462 g/mol. The number of nitrogens with one attached hydrogen (secondary N) is 1. The number of piperidine rings is 1. The normalized spacial score (nSPS) is 21.1. The fourth-order valence-corrected chi connectivity index (χ4v) is 5.70. The number of benzene rings is 1. The van der Waals surface area contributed by atoms with Gasteiger partial charge in [-0.2, -0.15) is 5.10 Å². The summed E-state index contributed by atoms with van der Waals surface area (Å²) in [4.78, 5) is 33.2. The number of thiazole rings is 1. The molecule has 3 aromatic rings. The molecular formula is C23H24ClN5O3S. The Bertz CT molecular complexity index is 1240. The average molecular weight is 486 g/mol. The summed E-state index contributed by atoms with van der Waals surface area (Å²) in [7, 11) is 1.72. The lowest BCUT2D eigenvalue weighted by atomic mass is 10.1. The second kappa shape index (κ2) is 8.46.